The van der Waals surface area contributed by atoms with E-state index >= 15 is 0 Å². The summed E-state index contributed by atoms with van der Waals surface area (Å²) in [6.07, 6.45) is 0. The molecule has 2 aromatic carbocycles. The first-order chi connectivity index (χ1) is 9.93. The summed E-state index contributed by atoms with van der Waals surface area (Å²) in [4.78, 5) is 0. The Balaban J connectivity index is 2.52. The van der Waals surface area contributed by atoms with Gasteiger partial charge in [-0.15, -0.1) is 0 Å². The van der Waals surface area contributed by atoms with Crippen LogP contribution in [0.4, 0.5) is 4.39 Å². The maximum Gasteiger partial charge on any atom is 0.142 e. The lowest BCUT2D eigenvalue weighted by Gasteiger charge is -2.22. The summed E-state index contributed by atoms with van der Waals surface area (Å²) in [6, 6.07) is 8.84. The molecule has 0 radical (unpaired) electrons. The first-order valence-corrected chi connectivity index (χ1v) is 7.64. The number of nitrogens with one attached hydrogen (secondary N) is 1. The number of aryl methyl sites for hydroxylation is 2. The highest BCUT2D eigenvalue weighted by atomic mass is 35.5. The van der Waals surface area contributed by atoms with Gasteiger partial charge in [-0.05, 0) is 60.8 Å². The molecule has 0 spiro atoms. The monoisotopic (exact) mass is 325 g/mol. The fourth-order valence-electron chi connectivity index (χ4n) is 2.42. The molecule has 1 atom stereocenters. The van der Waals surface area contributed by atoms with Crippen LogP contribution in [0.5, 0.6) is 0 Å². The van der Waals surface area contributed by atoms with Crippen molar-refractivity contribution in [2.75, 3.05) is 6.54 Å². The Bertz CT molecular complexity index is 655. The Kier molecular flexibility index (Phi) is 5.26. The highest BCUT2D eigenvalue weighted by Gasteiger charge is 2.17. The molecule has 2 rings (SSSR count). The molecule has 1 unspecified atom stereocenters. The summed E-state index contributed by atoms with van der Waals surface area (Å²) in [7, 11) is 0. The van der Waals surface area contributed by atoms with E-state index in [2.05, 4.69) is 11.4 Å². The van der Waals surface area contributed by atoms with Gasteiger partial charge >= 0.3 is 0 Å². The molecule has 112 valence electrons. The molecule has 0 aliphatic carbocycles. The highest BCUT2D eigenvalue weighted by Crippen LogP contribution is 2.30. The Morgan fingerprint density at radius 3 is 2.38 bits per heavy atom. The average Bonchev–Trinajstić information content (AvgIpc) is 2.44. The summed E-state index contributed by atoms with van der Waals surface area (Å²) in [5.41, 5.74) is 4.03. The molecule has 1 nitrogen and oxygen atoms in total. The zero-order chi connectivity index (χ0) is 15.6. The van der Waals surface area contributed by atoms with Crippen molar-refractivity contribution in [1.29, 1.82) is 0 Å². The maximum atomic E-state index is 13.8. The third kappa shape index (κ3) is 3.57. The minimum absolute atomic E-state index is 0.0854. The zero-order valence-corrected chi connectivity index (χ0v) is 13.8. The Morgan fingerprint density at radius 1 is 1.05 bits per heavy atom. The van der Waals surface area contributed by atoms with E-state index in [9.17, 15) is 4.39 Å². The molecule has 4 heteroatoms. The van der Waals surface area contributed by atoms with Crippen LogP contribution in [0.25, 0.3) is 0 Å². The van der Waals surface area contributed by atoms with E-state index in [1.54, 1.807) is 6.07 Å². The van der Waals surface area contributed by atoms with Crippen LogP contribution < -0.4 is 5.32 Å². The molecule has 0 bridgehead atoms. The van der Waals surface area contributed by atoms with E-state index in [0.29, 0.717) is 0 Å². The van der Waals surface area contributed by atoms with Crippen LogP contribution in [0.3, 0.4) is 0 Å². The van der Waals surface area contributed by atoms with Gasteiger partial charge in [-0.2, -0.15) is 0 Å². The lowest BCUT2D eigenvalue weighted by Crippen LogP contribution is -2.23. The molecule has 2 aromatic rings. The van der Waals surface area contributed by atoms with E-state index in [4.69, 9.17) is 23.2 Å². The van der Waals surface area contributed by atoms with Gasteiger partial charge in [0.15, 0.2) is 0 Å². The van der Waals surface area contributed by atoms with Gasteiger partial charge in [0.05, 0.1) is 11.1 Å². The van der Waals surface area contributed by atoms with Gasteiger partial charge in [-0.3, -0.25) is 0 Å². The van der Waals surface area contributed by atoms with Crippen LogP contribution in [-0.4, -0.2) is 6.54 Å². The Morgan fingerprint density at radius 2 is 1.76 bits per heavy atom. The van der Waals surface area contributed by atoms with Gasteiger partial charge in [0.1, 0.15) is 5.82 Å². The second kappa shape index (κ2) is 6.78. The van der Waals surface area contributed by atoms with Gasteiger partial charge in [0, 0.05) is 5.02 Å². The Hall–Kier alpha value is -1.09. The predicted molar refractivity (Wildman–Crippen MR) is 87.9 cm³/mol. The number of halogens is 3. The van der Waals surface area contributed by atoms with E-state index in [0.717, 1.165) is 33.8 Å². The zero-order valence-electron chi connectivity index (χ0n) is 12.3. The minimum Gasteiger partial charge on any atom is -0.307 e. The molecule has 0 fully saturated rings. The molecule has 0 amide bonds. The van der Waals surface area contributed by atoms with Crippen molar-refractivity contribution >= 4 is 23.2 Å². The molecule has 0 saturated heterocycles. The van der Waals surface area contributed by atoms with E-state index in [1.165, 1.54) is 6.07 Å². The van der Waals surface area contributed by atoms with Gasteiger partial charge in [0.25, 0.3) is 0 Å². The van der Waals surface area contributed by atoms with E-state index in [1.807, 2.05) is 32.9 Å². The molecular formula is C17H18Cl2FN. The molecule has 0 aliphatic heterocycles. The summed E-state index contributed by atoms with van der Waals surface area (Å²) in [5.74, 6) is -0.402. The predicted octanol–water partition coefficient (Wildman–Crippen LogP) is 5.45. The normalized spacial score (nSPS) is 12.5. The van der Waals surface area contributed by atoms with Crippen LogP contribution >= 0.6 is 23.2 Å². The van der Waals surface area contributed by atoms with Gasteiger partial charge in [-0.1, -0.05) is 42.3 Å². The molecule has 0 heterocycles. The van der Waals surface area contributed by atoms with Crippen molar-refractivity contribution in [3.8, 4) is 0 Å². The number of benzene rings is 2. The second-order valence-corrected chi connectivity index (χ2v) is 5.94. The second-order valence-electron chi connectivity index (χ2n) is 5.12. The smallest absolute Gasteiger partial charge is 0.142 e. The van der Waals surface area contributed by atoms with Crippen molar-refractivity contribution in [1.82, 2.24) is 5.32 Å². The van der Waals surface area contributed by atoms with Crippen LogP contribution in [-0.2, 0) is 0 Å². The third-order valence-electron chi connectivity index (χ3n) is 3.54. The quantitative estimate of drug-likeness (QED) is 0.788. The Labute approximate surface area is 135 Å². The largest absolute Gasteiger partial charge is 0.307 e. The molecule has 0 aliphatic rings. The lowest BCUT2D eigenvalue weighted by molar-refractivity contribution is 0.602. The van der Waals surface area contributed by atoms with Crippen molar-refractivity contribution in [2.24, 2.45) is 0 Å². The van der Waals surface area contributed by atoms with Crippen molar-refractivity contribution < 1.29 is 4.39 Å². The summed E-state index contributed by atoms with van der Waals surface area (Å²) < 4.78 is 13.8. The summed E-state index contributed by atoms with van der Waals surface area (Å²) in [5, 5.41) is 4.28. The topological polar surface area (TPSA) is 12.0 Å². The molecule has 21 heavy (non-hydrogen) atoms. The molecule has 0 aromatic heterocycles. The van der Waals surface area contributed by atoms with Crippen molar-refractivity contribution in [3.05, 3.63) is 68.4 Å². The SMILES string of the molecule is CCNC(c1ccc(Cl)c(F)c1)c1cc(C)c(Cl)cc1C. The van der Waals surface area contributed by atoms with Crippen LogP contribution in [0, 0.1) is 19.7 Å². The maximum absolute atomic E-state index is 13.8. The highest BCUT2D eigenvalue weighted by molar-refractivity contribution is 6.31. The fraction of sp³-hybridized carbons (Fsp3) is 0.294. The molecular weight excluding hydrogens is 308 g/mol. The number of hydrogen-bond acceptors (Lipinski definition) is 1. The first-order valence-electron chi connectivity index (χ1n) is 6.89. The first kappa shape index (κ1) is 16.3. The third-order valence-corrected chi connectivity index (χ3v) is 4.26. The number of rotatable bonds is 4. The standard InChI is InChI=1S/C17H18Cl2FN/c1-4-21-17(12-5-6-14(18)16(20)9-12)13-7-11(3)15(19)8-10(13)2/h5-9,17,21H,4H2,1-3H3. The van der Waals surface area contributed by atoms with E-state index < -0.39 is 5.82 Å². The van der Waals surface area contributed by atoms with Crippen LogP contribution in [0.2, 0.25) is 10.0 Å². The van der Waals surface area contributed by atoms with Crippen LogP contribution in [0.15, 0.2) is 30.3 Å². The summed E-state index contributed by atoms with van der Waals surface area (Å²) in [6.45, 7) is 6.78. The fourth-order valence-corrected chi connectivity index (χ4v) is 2.75. The average molecular weight is 326 g/mol. The lowest BCUT2D eigenvalue weighted by atomic mass is 9.93. The van der Waals surface area contributed by atoms with E-state index in [-0.39, 0.29) is 11.1 Å². The van der Waals surface area contributed by atoms with Crippen molar-refractivity contribution in [3.63, 3.8) is 0 Å². The van der Waals surface area contributed by atoms with Gasteiger partial charge in [0.2, 0.25) is 0 Å². The van der Waals surface area contributed by atoms with Gasteiger partial charge < -0.3 is 5.32 Å². The summed E-state index contributed by atoms with van der Waals surface area (Å²) >= 11 is 11.9. The van der Waals surface area contributed by atoms with Crippen LogP contribution in [0.1, 0.15) is 35.2 Å². The number of hydrogen-bond donors (Lipinski definition) is 1. The molecule has 1 N–H and O–H groups in total. The van der Waals surface area contributed by atoms with Gasteiger partial charge in [-0.25, -0.2) is 4.39 Å². The minimum atomic E-state index is -0.402. The van der Waals surface area contributed by atoms with Crippen molar-refractivity contribution in [2.45, 2.75) is 26.8 Å². The molecule has 0 saturated carbocycles.